The summed E-state index contributed by atoms with van der Waals surface area (Å²) in [6.45, 7) is 6.96. The van der Waals surface area contributed by atoms with Gasteiger partial charge in [0.25, 0.3) is 11.8 Å². The lowest BCUT2D eigenvalue weighted by Crippen LogP contribution is -2.49. The number of carbonyl (C=O) groups excluding carboxylic acids is 3. The lowest BCUT2D eigenvalue weighted by atomic mass is 10.1. The summed E-state index contributed by atoms with van der Waals surface area (Å²) in [7, 11) is 0. The first-order valence-electron chi connectivity index (χ1n) is 18.1. The number of nitrogen functional groups attached to an aromatic ring is 1. The van der Waals surface area contributed by atoms with Crippen LogP contribution in [0.5, 0.6) is 0 Å². The van der Waals surface area contributed by atoms with Crippen LogP contribution >= 0.6 is 0 Å². The van der Waals surface area contributed by atoms with Crippen LogP contribution in [-0.4, -0.2) is 100 Å². The van der Waals surface area contributed by atoms with E-state index in [2.05, 4.69) is 25.7 Å². The predicted molar refractivity (Wildman–Crippen MR) is 200 cm³/mol. The molecule has 0 atom stereocenters. The maximum Gasteiger partial charge on any atom is 0.417 e. The van der Waals surface area contributed by atoms with E-state index in [0.29, 0.717) is 74.9 Å². The highest BCUT2D eigenvalue weighted by Gasteiger charge is 2.37. The van der Waals surface area contributed by atoms with Crippen molar-refractivity contribution < 1.29 is 40.7 Å². The van der Waals surface area contributed by atoms with Crippen molar-refractivity contribution in [2.45, 2.75) is 39.0 Å². The molecule has 4 aromatic rings. The van der Waals surface area contributed by atoms with Crippen LogP contribution in [0.3, 0.4) is 0 Å². The molecule has 4 heterocycles. The lowest BCUT2D eigenvalue weighted by molar-refractivity contribution is -0.138. The molecule has 0 saturated carbocycles. The molecule has 2 aliphatic heterocycles. The summed E-state index contributed by atoms with van der Waals surface area (Å²) in [6.07, 6.45) is -7.95. The molecule has 57 heavy (non-hydrogen) atoms. The normalized spacial score (nSPS) is 14.9. The molecule has 2 aliphatic rings. The van der Waals surface area contributed by atoms with Gasteiger partial charge < -0.3 is 30.7 Å². The van der Waals surface area contributed by atoms with Crippen LogP contribution in [0.1, 0.15) is 58.5 Å². The van der Waals surface area contributed by atoms with Gasteiger partial charge in [0.05, 0.1) is 22.3 Å². The number of amides is 3. The quantitative estimate of drug-likeness (QED) is 0.207. The molecule has 2 saturated heterocycles. The Kier molecular flexibility index (Phi) is 13.5. The fourth-order valence-corrected chi connectivity index (χ4v) is 6.14. The summed E-state index contributed by atoms with van der Waals surface area (Å²) in [4.78, 5) is 43.8. The third-order valence-electron chi connectivity index (χ3n) is 9.25. The fraction of sp³-hybridized carbons (Fsp3) is 0.395. The number of benzene rings is 2. The van der Waals surface area contributed by atoms with Gasteiger partial charge in [-0.25, -0.2) is 0 Å². The highest BCUT2D eigenvalue weighted by Crippen LogP contribution is 2.34. The van der Waals surface area contributed by atoms with Gasteiger partial charge in [0.1, 0.15) is 5.82 Å². The van der Waals surface area contributed by atoms with Crippen LogP contribution in [-0.2, 0) is 17.1 Å². The van der Waals surface area contributed by atoms with Crippen molar-refractivity contribution in [1.82, 2.24) is 30.2 Å². The minimum atomic E-state index is -4.59. The van der Waals surface area contributed by atoms with Gasteiger partial charge >= 0.3 is 12.4 Å². The predicted octanol–water partition coefficient (Wildman–Crippen LogP) is 5.87. The van der Waals surface area contributed by atoms with Crippen molar-refractivity contribution in [3.63, 3.8) is 0 Å². The lowest BCUT2D eigenvalue weighted by Gasteiger charge is -2.35. The van der Waals surface area contributed by atoms with Crippen molar-refractivity contribution in [2.75, 3.05) is 73.2 Å². The summed E-state index contributed by atoms with van der Waals surface area (Å²) in [5.41, 5.74) is 2.99. The van der Waals surface area contributed by atoms with E-state index >= 15 is 0 Å². The van der Waals surface area contributed by atoms with Gasteiger partial charge in [0.15, 0.2) is 17.5 Å². The van der Waals surface area contributed by atoms with Gasteiger partial charge in [0, 0.05) is 58.8 Å². The van der Waals surface area contributed by atoms with E-state index in [0.717, 1.165) is 18.6 Å². The van der Waals surface area contributed by atoms with Gasteiger partial charge in [0.2, 0.25) is 5.91 Å². The first-order valence-corrected chi connectivity index (χ1v) is 18.1. The Morgan fingerprint density at radius 2 is 1.07 bits per heavy atom. The number of rotatable bonds is 8. The minimum absolute atomic E-state index is 0.119. The van der Waals surface area contributed by atoms with Crippen LogP contribution in [0.25, 0.3) is 0 Å². The molecule has 6 rings (SSSR count). The van der Waals surface area contributed by atoms with Crippen molar-refractivity contribution in [2.24, 2.45) is 5.92 Å². The zero-order chi connectivity index (χ0) is 41.3. The Morgan fingerprint density at radius 3 is 1.46 bits per heavy atom. The molecule has 0 radical (unpaired) electrons. The van der Waals surface area contributed by atoms with Crippen LogP contribution in [0.2, 0.25) is 0 Å². The number of halogens is 6. The van der Waals surface area contributed by atoms with Crippen LogP contribution in [0.4, 0.5) is 49.6 Å². The number of carbonyl (C=O) groups is 3. The highest BCUT2D eigenvalue weighted by atomic mass is 19.4. The Labute approximate surface area is 324 Å². The molecule has 0 aliphatic carbocycles. The maximum absolute atomic E-state index is 13.2. The third kappa shape index (κ3) is 11.3. The van der Waals surface area contributed by atoms with E-state index in [1.165, 1.54) is 46.2 Å². The highest BCUT2D eigenvalue weighted by molar-refractivity contribution is 5.96. The van der Waals surface area contributed by atoms with Gasteiger partial charge in [-0.3, -0.25) is 14.4 Å². The van der Waals surface area contributed by atoms with Crippen LogP contribution in [0.15, 0.2) is 72.8 Å². The average molecular weight is 801 g/mol. The van der Waals surface area contributed by atoms with Crippen molar-refractivity contribution in [1.29, 1.82) is 0 Å². The molecule has 0 bridgehead atoms. The molecule has 2 aromatic heterocycles. The van der Waals surface area contributed by atoms with Gasteiger partial charge in [-0.2, -0.15) is 26.3 Å². The summed E-state index contributed by atoms with van der Waals surface area (Å²) >= 11 is 0. The van der Waals surface area contributed by atoms with Gasteiger partial charge in [-0.1, -0.05) is 38.1 Å². The molecule has 0 spiro atoms. The third-order valence-corrected chi connectivity index (χ3v) is 9.25. The number of nitrogens with one attached hydrogen (secondary N) is 1. The zero-order valence-corrected chi connectivity index (χ0v) is 31.2. The van der Waals surface area contributed by atoms with Crippen LogP contribution in [0, 0.1) is 5.92 Å². The SMILES string of the molecule is CC(C)CCC(=O)Nc1ccc(N2CCN(C(=O)c3ccccc3C(F)(F)F)CC2)nn1.Nc1ccc(N2CCN(C(=O)c3ccccc3C(F)(F)F)CC2)nn1. The number of anilines is 4. The standard InChI is InChI=1S/C22H26F3N5O2.C16H16F3N5O/c1-15(2)7-10-20(31)26-18-8-9-19(28-27-18)29-11-13-30(14-12-29)21(32)16-5-3-4-6-17(16)22(23,24)25;17-16(18,19)12-4-2-1-3-11(12)15(25)24-9-7-23(8-10-24)14-6-5-13(20)21-22-14/h3-6,8-9,15H,7,10-14H2,1-2H3,(H,26,27,31);1-6H,7-10H2,(H2,20,21). The van der Waals surface area contributed by atoms with Crippen molar-refractivity contribution in [3.05, 3.63) is 95.1 Å². The van der Waals surface area contributed by atoms with E-state index in [9.17, 15) is 40.7 Å². The van der Waals surface area contributed by atoms with E-state index in [1.54, 1.807) is 24.3 Å². The number of alkyl halides is 6. The first kappa shape index (κ1) is 42.1. The topological polar surface area (TPSA) is 154 Å². The molecule has 0 unspecified atom stereocenters. The van der Waals surface area contributed by atoms with E-state index < -0.39 is 35.3 Å². The fourth-order valence-electron chi connectivity index (χ4n) is 6.14. The second kappa shape index (κ2) is 18.3. The minimum Gasteiger partial charge on any atom is -0.382 e. The molecule has 3 amide bonds. The smallest absolute Gasteiger partial charge is 0.382 e. The molecule has 2 aromatic carbocycles. The summed E-state index contributed by atoms with van der Waals surface area (Å²) in [5.74, 6) is 0.930. The Balaban J connectivity index is 0.000000224. The Morgan fingerprint density at radius 1 is 0.632 bits per heavy atom. The second-order valence-corrected chi connectivity index (χ2v) is 13.7. The average Bonchev–Trinajstić information content (AvgIpc) is 3.20. The van der Waals surface area contributed by atoms with E-state index in [4.69, 9.17) is 5.73 Å². The molecule has 3 N–H and O–H groups in total. The molecule has 19 heteroatoms. The van der Waals surface area contributed by atoms with E-state index in [1.807, 2.05) is 23.6 Å². The molecular formula is C38H42F6N10O3. The number of hydrogen-bond donors (Lipinski definition) is 2. The maximum atomic E-state index is 13.2. The largest absolute Gasteiger partial charge is 0.417 e. The summed E-state index contributed by atoms with van der Waals surface area (Å²) in [6, 6.07) is 16.4. The summed E-state index contributed by atoms with van der Waals surface area (Å²) < 4.78 is 78.9. The Bertz CT molecular complexity index is 1980. The zero-order valence-electron chi connectivity index (χ0n) is 31.2. The molecular weight excluding hydrogens is 758 g/mol. The first-order chi connectivity index (χ1) is 27.0. The number of nitrogens with zero attached hydrogens (tertiary/aromatic N) is 8. The number of hydrogen-bond acceptors (Lipinski definition) is 10. The second-order valence-electron chi connectivity index (χ2n) is 13.7. The number of aromatic nitrogens is 4. The van der Waals surface area contributed by atoms with Crippen LogP contribution < -0.4 is 20.9 Å². The van der Waals surface area contributed by atoms with Crippen molar-refractivity contribution in [3.8, 4) is 0 Å². The van der Waals surface area contributed by atoms with E-state index in [-0.39, 0.29) is 30.1 Å². The molecule has 304 valence electrons. The monoisotopic (exact) mass is 800 g/mol. The number of piperazine rings is 2. The molecule has 2 fully saturated rings. The van der Waals surface area contributed by atoms with Crippen molar-refractivity contribution >= 4 is 41.0 Å². The number of nitrogens with two attached hydrogens (primary N) is 1. The molecule has 13 nitrogen and oxygen atoms in total. The Hall–Kier alpha value is -6.01. The van der Waals surface area contributed by atoms with Gasteiger partial charge in [-0.15, -0.1) is 20.4 Å². The van der Waals surface area contributed by atoms with Gasteiger partial charge in [-0.05, 0) is 60.9 Å². The summed E-state index contributed by atoms with van der Waals surface area (Å²) in [5, 5.41) is 18.6.